The van der Waals surface area contributed by atoms with Crippen LogP contribution in [0.4, 0.5) is 13.2 Å². The van der Waals surface area contributed by atoms with Crippen LogP contribution in [-0.2, 0) is 9.59 Å². The lowest BCUT2D eigenvalue weighted by Gasteiger charge is -2.28. The van der Waals surface area contributed by atoms with Crippen LogP contribution in [0, 0.1) is 17.8 Å². The largest absolute Gasteiger partial charge is 0.481 e. The highest BCUT2D eigenvalue weighted by molar-refractivity contribution is 5.78. The summed E-state index contributed by atoms with van der Waals surface area (Å²) in [6.45, 7) is 0. The SMILES string of the molecule is O=C(CCC(F)(F)F)NC1C2CCC(C2)C1C(=O)O. The van der Waals surface area contributed by atoms with E-state index in [1.807, 2.05) is 0 Å². The number of carbonyl (C=O) groups excluding carboxylic acids is 1. The van der Waals surface area contributed by atoms with E-state index in [0.29, 0.717) is 0 Å². The summed E-state index contributed by atoms with van der Waals surface area (Å²) in [6.07, 6.45) is -3.74. The highest BCUT2D eigenvalue weighted by Gasteiger charge is 2.51. The molecule has 0 aromatic heterocycles. The van der Waals surface area contributed by atoms with Crippen LogP contribution in [0.15, 0.2) is 0 Å². The normalized spacial score (nSPS) is 33.4. The fraction of sp³-hybridized carbons (Fsp3) is 0.833. The molecular weight excluding hydrogens is 263 g/mol. The molecule has 7 heteroatoms. The average Bonchev–Trinajstić information content (AvgIpc) is 2.85. The van der Waals surface area contributed by atoms with Crippen LogP contribution < -0.4 is 5.32 Å². The standard InChI is InChI=1S/C12H16F3NO3/c13-12(14,15)4-3-8(17)16-10-7-2-1-6(5-7)9(10)11(18)19/h6-7,9-10H,1-5H2,(H,16,17)(H,18,19). The van der Waals surface area contributed by atoms with Gasteiger partial charge in [-0.25, -0.2) is 0 Å². The number of alkyl halides is 3. The molecule has 2 aliphatic carbocycles. The lowest BCUT2D eigenvalue weighted by molar-refractivity contribution is -0.147. The van der Waals surface area contributed by atoms with E-state index in [0.717, 1.165) is 19.3 Å². The lowest BCUT2D eigenvalue weighted by atomic mass is 9.84. The predicted molar refractivity (Wildman–Crippen MR) is 59.2 cm³/mol. The molecule has 2 bridgehead atoms. The van der Waals surface area contributed by atoms with Gasteiger partial charge in [-0.15, -0.1) is 0 Å². The Morgan fingerprint density at radius 2 is 1.84 bits per heavy atom. The summed E-state index contributed by atoms with van der Waals surface area (Å²) in [7, 11) is 0. The summed E-state index contributed by atoms with van der Waals surface area (Å²) in [4.78, 5) is 22.7. The highest BCUT2D eigenvalue weighted by atomic mass is 19.4. The molecule has 0 aliphatic heterocycles. The van der Waals surface area contributed by atoms with Crippen molar-refractivity contribution < 1.29 is 27.9 Å². The van der Waals surface area contributed by atoms with Gasteiger partial charge in [0.2, 0.25) is 5.91 Å². The van der Waals surface area contributed by atoms with Gasteiger partial charge >= 0.3 is 12.1 Å². The van der Waals surface area contributed by atoms with Crippen LogP contribution >= 0.6 is 0 Å². The Hall–Kier alpha value is -1.27. The quantitative estimate of drug-likeness (QED) is 0.826. The summed E-state index contributed by atoms with van der Waals surface area (Å²) in [6, 6.07) is -0.503. The third-order valence-electron chi connectivity index (χ3n) is 4.16. The van der Waals surface area contributed by atoms with Gasteiger partial charge in [0.1, 0.15) is 0 Å². The molecule has 2 N–H and O–H groups in total. The van der Waals surface area contributed by atoms with Crippen LogP contribution in [0.2, 0.25) is 0 Å². The van der Waals surface area contributed by atoms with Gasteiger partial charge in [-0.2, -0.15) is 13.2 Å². The van der Waals surface area contributed by atoms with Gasteiger partial charge in [0.05, 0.1) is 12.3 Å². The van der Waals surface area contributed by atoms with Gasteiger partial charge in [0.15, 0.2) is 0 Å². The summed E-state index contributed by atoms with van der Waals surface area (Å²) >= 11 is 0. The number of fused-ring (bicyclic) bond motifs is 2. The summed E-state index contributed by atoms with van der Waals surface area (Å²) < 4.78 is 36.0. The molecule has 0 aromatic rings. The summed E-state index contributed by atoms with van der Waals surface area (Å²) in [5, 5.41) is 11.6. The molecule has 19 heavy (non-hydrogen) atoms. The Bertz CT molecular complexity index is 383. The van der Waals surface area contributed by atoms with E-state index in [-0.39, 0.29) is 11.8 Å². The lowest BCUT2D eigenvalue weighted by Crippen LogP contribution is -2.46. The number of carboxylic acid groups (broad SMARTS) is 1. The third kappa shape index (κ3) is 3.19. The number of aliphatic carboxylic acids is 1. The second-order valence-corrected chi connectivity index (χ2v) is 5.41. The molecule has 4 atom stereocenters. The number of hydrogen-bond donors (Lipinski definition) is 2. The molecule has 2 fully saturated rings. The number of nitrogens with one attached hydrogen (secondary N) is 1. The first-order valence-corrected chi connectivity index (χ1v) is 6.37. The molecule has 0 radical (unpaired) electrons. The molecule has 108 valence electrons. The molecule has 4 unspecified atom stereocenters. The summed E-state index contributed by atoms with van der Waals surface area (Å²) in [5.74, 6) is -2.17. The van der Waals surface area contributed by atoms with Crippen molar-refractivity contribution in [2.45, 2.75) is 44.3 Å². The van der Waals surface area contributed by atoms with Crippen LogP contribution in [0.3, 0.4) is 0 Å². The van der Waals surface area contributed by atoms with Gasteiger partial charge in [-0.3, -0.25) is 9.59 Å². The Kier molecular flexibility index (Phi) is 3.73. The van der Waals surface area contributed by atoms with Crippen molar-refractivity contribution in [3.8, 4) is 0 Å². The second kappa shape index (κ2) is 5.02. The van der Waals surface area contributed by atoms with Gasteiger partial charge in [0, 0.05) is 12.5 Å². The number of carboxylic acids is 1. The van der Waals surface area contributed by atoms with E-state index < -0.39 is 42.9 Å². The first kappa shape index (κ1) is 14.1. The second-order valence-electron chi connectivity index (χ2n) is 5.41. The zero-order valence-electron chi connectivity index (χ0n) is 10.2. The first-order chi connectivity index (χ1) is 8.78. The maximum atomic E-state index is 12.0. The van der Waals surface area contributed by atoms with Crippen molar-refractivity contribution in [3.05, 3.63) is 0 Å². The van der Waals surface area contributed by atoms with E-state index >= 15 is 0 Å². The predicted octanol–water partition coefficient (Wildman–Crippen LogP) is 1.94. The number of hydrogen-bond acceptors (Lipinski definition) is 2. The average molecular weight is 279 g/mol. The molecule has 2 rings (SSSR count). The number of carbonyl (C=O) groups is 2. The van der Waals surface area contributed by atoms with E-state index in [1.54, 1.807) is 0 Å². The van der Waals surface area contributed by atoms with Gasteiger partial charge in [-0.1, -0.05) is 0 Å². The Balaban J connectivity index is 1.91. The number of amides is 1. The number of rotatable bonds is 4. The van der Waals surface area contributed by atoms with Gasteiger partial charge in [-0.05, 0) is 31.1 Å². The van der Waals surface area contributed by atoms with Crippen molar-refractivity contribution in [2.75, 3.05) is 0 Å². The van der Waals surface area contributed by atoms with Gasteiger partial charge in [0.25, 0.3) is 0 Å². The van der Waals surface area contributed by atoms with Crippen molar-refractivity contribution in [1.29, 1.82) is 0 Å². The fourth-order valence-corrected chi connectivity index (χ4v) is 3.37. The van der Waals surface area contributed by atoms with Crippen LogP contribution in [0.5, 0.6) is 0 Å². The molecule has 2 saturated carbocycles. The molecule has 0 saturated heterocycles. The molecular formula is C12H16F3NO3. The van der Waals surface area contributed by atoms with Crippen molar-refractivity contribution in [1.82, 2.24) is 5.32 Å². The third-order valence-corrected chi connectivity index (χ3v) is 4.16. The van der Waals surface area contributed by atoms with E-state index in [1.165, 1.54) is 0 Å². The molecule has 1 amide bonds. The van der Waals surface area contributed by atoms with E-state index in [4.69, 9.17) is 5.11 Å². The monoisotopic (exact) mass is 279 g/mol. The van der Waals surface area contributed by atoms with Crippen molar-refractivity contribution >= 4 is 11.9 Å². The minimum absolute atomic E-state index is 0.0513. The smallest absolute Gasteiger partial charge is 0.389 e. The highest BCUT2D eigenvalue weighted by Crippen LogP contribution is 2.48. The summed E-state index contributed by atoms with van der Waals surface area (Å²) in [5.41, 5.74) is 0. The zero-order valence-corrected chi connectivity index (χ0v) is 10.2. The van der Waals surface area contributed by atoms with Gasteiger partial charge < -0.3 is 10.4 Å². The Morgan fingerprint density at radius 1 is 1.21 bits per heavy atom. The van der Waals surface area contributed by atoms with Crippen LogP contribution in [-0.4, -0.2) is 29.2 Å². The minimum atomic E-state index is -4.36. The minimum Gasteiger partial charge on any atom is -0.481 e. The van der Waals surface area contributed by atoms with E-state index in [2.05, 4.69) is 5.32 Å². The zero-order chi connectivity index (χ0) is 14.2. The molecule has 2 aliphatic rings. The van der Waals surface area contributed by atoms with Crippen molar-refractivity contribution in [3.63, 3.8) is 0 Å². The van der Waals surface area contributed by atoms with E-state index in [9.17, 15) is 22.8 Å². The maximum absolute atomic E-state index is 12.0. The van der Waals surface area contributed by atoms with Crippen molar-refractivity contribution in [2.24, 2.45) is 17.8 Å². The molecule has 0 aromatic carbocycles. The molecule has 4 nitrogen and oxygen atoms in total. The maximum Gasteiger partial charge on any atom is 0.389 e. The number of halogens is 3. The molecule has 0 spiro atoms. The van der Waals surface area contributed by atoms with Crippen LogP contribution in [0.25, 0.3) is 0 Å². The topological polar surface area (TPSA) is 66.4 Å². The fourth-order valence-electron chi connectivity index (χ4n) is 3.37. The molecule has 0 heterocycles. The van der Waals surface area contributed by atoms with Crippen LogP contribution in [0.1, 0.15) is 32.1 Å². The Labute approximate surface area is 108 Å². The first-order valence-electron chi connectivity index (χ1n) is 6.37. The Morgan fingerprint density at radius 3 is 2.42 bits per heavy atom.